The highest BCUT2D eigenvalue weighted by Crippen LogP contribution is 2.46. The van der Waals surface area contributed by atoms with Crippen LogP contribution >= 0.6 is 233 Å². The summed E-state index contributed by atoms with van der Waals surface area (Å²) in [4.78, 5) is 107. The summed E-state index contributed by atoms with van der Waals surface area (Å²) in [5.41, 5.74) is 10.5. The Bertz CT molecular complexity index is 5270. The lowest BCUT2D eigenvalue weighted by atomic mass is 10.1. The standard InChI is InChI=1S/2C13H14BrClN2OS.2C12H12BrClN2OS.2C11H10BrClN2OS/c2*1-5(2)16-12(18)11-9(14)8-6(3)10(15)7(4)17-13(8)19-11;2*1-4-15-11(17)10-8(13)7-5(2)9(14)6(3)16-12(7)18-10;2*1-4-6-7(12)9(10(16)14-3)17-11(6)15-5(2)8(4)13/h2*5H,1-4H3,(H,16,18);2*4H2,1-3H3,(H,15,17);2*1-3H3,(H,14,16). The fraction of sp³-hybridized carbons (Fsp3) is 0.333. The maximum atomic E-state index is 12.1. The highest BCUT2D eigenvalue weighted by molar-refractivity contribution is 9.11. The van der Waals surface area contributed by atoms with Crippen LogP contribution in [-0.2, 0) is 0 Å². The van der Waals surface area contributed by atoms with Crippen LogP contribution in [0.3, 0.4) is 0 Å². The van der Waals surface area contributed by atoms with Gasteiger partial charge in [0.05, 0.1) is 91.1 Å². The molecule has 0 saturated carbocycles. The summed E-state index contributed by atoms with van der Waals surface area (Å²) in [5, 5.41) is 26.1. The number of hydrogen-bond acceptors (Lipinski definition) is 18. The summed E-state index contributed by atoms with van der Waals surface area (Å²) < 4.78 is 4.64. The summed E-state index contributed by atoms with van der Waals surface area (Å²) in [5.74, 6) is -0.571. The monoisotopic (exact) mass is 2080 g/mol. The molecule has 0 saturated heterocycles. The molecule has 12 aromatic rings. The fourth-order valence-electron chi connectivity index (χ4n) is 10.6. The third kappa shape index (κ3) is 19.7. The molecule has 0 radical (unpaired) electrons. The molecule has 6 amide bonds. The van der Waals surface area contributed by atoms with E-state index < -0.39 is 0 Å². The predicted molar refractivity (Wildman–Crippen MR) is 479 cm³/mol. The number of aryl methyl sites for hydroxylation is 12. The van der Waals surface area contributed by atoms with Crippen molar-refractivity contribution < 1.29 is 28.8 Å². The summed E-state index contributed by atoms with van der Waals surface area (Å²) in [6.45, 7) is 35.6. The number of aromatic nitrogens is 6. The van der Waals surface area contributed by atoms with Gasteiger partial charge in [0.25, 0.3) is 35.4 Å². The second-order valence-corrected chi connectivity index (χ2v) is 37.5. The van der Waals surface area contributed by atoms with Crippen molar-refractivity contribution in [3.63, 3.8) is 0 Å². The summed E-state index contributed by atoms with van der Waals surface area (Å²) in [6.07, 6.45) is 0. The molecule has 0 bridgehead atoms. The third-order valence-corrected chi connectivity index (χ3v) is 32.1. The molecular weight excluding hydrogens is 2010 g/mol. The van der Waals surface area contributed by atoms with Crippen LogP contribution in [0.2, 0.25) is 30.1 Å². The number of rotatable bonds is 10. The van der Waals surface area contributed by atoms with Gasteiger partial charge < -0.3 is 31.9 Å². The van der Waals surface area contributed by atoms with Crippen LogP contribution in [0.5, 0.6) is 0 Å². The molecule has 0 aliphatic rings. The summed E-state index contributed by atoms with van der Waals surface area (Å²) in [6, 6.07) is 0.202. The normalized spacial score (nSPS) is 11.1. The first kappa shape index (κ1) is 91.3. The number of pyridine rings is 6. The lowest BCUT2D eigenvalue weighted by Crippen LogP contribution is -2.29. The maximum absolute atomic E-state index is 12.1. The summed E-state index contributed by atoms with van der Waals surface area (Å²) in [7, 11) is 3.22. The first-order valence-corrected chi connectivity index (χ1v) is 44.6. The smallest absolute Gasteiger partial charge is 0.262 e. The van der Waals surface area contributed by atoms with Gasteiger partial charge in [0.2, 0.25) is 0 Å². The lowest BCUT2D eigenvalue weighted by molar-refractivity contribution is 0.0938. The van der Waals surface area contributed by atoms with Crippen molar-refractivity contribution >= 4 is 330 Å². The SMILES string of the molecule is CCNC(=O)c1sc2nc(C)c(Cl)c(C)c2c1Br.CCNC(=O)c1sc2nc(C)c(Cl)c(C)c2c1Br.CNC(=O)c1sc2nc(C)c(Cl)c(C)c2c1Br.CNC(=O)c1sc2nc(C)c(Cl)c(C)c2c1Br.Cc1nc2sc(C(=O)NC(C)C)c(Br)c2c(C)c1Cl.Cc1nc2sc(C(=O)NC(C)C)c(Br)c2c(C)c1Cl. The van der Waals surface area contributed by atoms with Gasteiger partial charge in [-0.25, -0.2) is 29.9 Å². The molecule has 12 aromatic heterocycles. The van der Waals surface area contributed by atoms with E-state index in [4.69, 9.17) is 69.6 Å². The van der Waals surface area contributed by atoms with E-state index in [0.29, 0.717) is 72.5 Å². The van der Waals surface area contributed by atoms with E-state index in [1.165, 1.54) is 68.0 Å². The zero-order valence-corrected chi connectivity index (χ0v) is 80.6. The predicted octanol–water partition coefficient (Wildman–Crippen LogP) is 24.5. The Kier molecular flexibility index (Phi) is 32.9. The van der Waals surface area contributed by atoms with Crippen LogP contribution < -0.4 is 31.9 Å². The number of nitrogens with one attached hydrogen (secondary N) is 6. The molecule has 0 aliphatic heterocycles. The Morgan fingerprint density at radius 1 is 0.306 bits per heavy atom. The van der Waals surface area contributed by atoms with Gasteiger partial charge in [0.1, 0.15) is 58.2 Å². The first-order chi connectivity index (χ1) is 50.5. The minimum atomic E-state index is -0.118. The minimum Gasteiger partial charge on any atom is -0.354 e. The van der Waals surface area contributed by atoms with Crippen molar-refractivity contribution in [1.82, 2.24) is 61.8 Å². The number of carbonyl (C=O) groups excluding carboxylic acids is 6. The zero-order chi connectivity index (χ0) is 81.0. The highest BCUT2D eigenvalue weighted by Gasteiger charge is 2.27. The van der Waals surface area contributed by atoms with Gasteiger partial charge in [-0.3, -0.25) is 28.8 Å². The molecule has 12 heterocycles. The Labute approximate surface area is 729 Å². The molecule has 0 aromatic carbocycles. The molecule has 0 unspecified atom stereocenters. The number of carbonyl (C=O) groups is 6. The highest BCUT2D eigenvalue weighted by atomic mass is 79.9. The number of thiophene rings is 6. The molecule has 108 heavy (non-hydrogen) atoms. The van der Waals surface area contributed by atoms with Gasteiger partial charge in [0.15, 0.2) is 0 Å². The molecular formula is C72H72Br6Cl6N12O6S6. The Hall–Kier alpha value is -3.90. The van der Waals surface area contributed by atoms with Gasteiger partial charge in [-0.15, -0.1) is 68.0 Å². The van der Waals surface area contributed by atoms with Gasteiger partial charge in [-0.05, 0) is 254 Å². The Morgan fingerprint density at radius 2 is 0.463 bits per heavy atom. The Balaban J connectivity index is 0.000000181. The molecule has 36 heteroatoms. The van der Waals surface area contributed by atoms with Crippen molar-refractivity contribution in [1.29, 1.82) is 0 Å². The van der Waals surface area contributed by atoms with E-state index in [-0.39, 0.29) is 47.5 Å². The molecule has 6 N–H and O–H groups in total. The van der Waals surface area contributed by atoms with Crippen molar-refractivity contribution in [3.8, 4) is 0 Å². The number of hydrogen-bond donors (Lipinski definition) is 6. The van der Waals surface area contributed by atoms with E-state index in [1.54, 1.807) is 14.1 Å². The van der Waals surface area contributed by atoms with Crippen molar-refractivity contribution in [2.45, 2.75) is 137 Å². The van der Waals surface area contributed by atoms with Gasteiger partial charge in [-0.1, -0.05) is 69.6 Å². The number of nitrogens with zero attached hydrogens (tertiary/aromatic N) is 6. The Morgan fingerprint density at radius 3 is 0.611 bits per heavy atom. The molecule has 0 atom stereocenters. The molecule has 0 spiro atoms. The second-order valence-electron chi connectivity index (χ2n) is 24.5. The van der Waals surface area contributed by atoms with E-state index in [1.807, 2.05) is 125 Å². The van der Waals surface area contributed by atoms with Crippen LogP contribution in [0.1, 0.15) is 167 Å². The average Bonchev–Trinajstić information content (AvgIpc) is 1.78. The zero-order valence-electron chi connectivity index (χ0n) is 61.7. The summed E-state index contributed by atoms with van der Waals surface area (Å²) >= 11 is 66.3. The third-order valence-electron chi connectivity index (χ3n) is 15.9. The molecule has 12 rings (SSSR count). The van der Waals surface area contributed by atoms with Gasteiger partial charge in [0, 0.05) is 71.6 Å². The molecule has 576 valence electrons. The lowest BCUT2D eigenvalue weighted by Gasteiger charge is -2.06. The molecule has 0 fully saturated rings. The van der Waals surface area contributed by atoms with Crippen LogP contribution in [0.4, 0.5) is 0 Å². The molecule has 18 nitrogen and oxygen atoms in total. The largest absolute Gasteiger partial charge is 0.354 e. The second kappa shape index (κ2) is 39.0. The fourth-order valence-corrected chi connectivity index (χ4v) is 24.2. The van der Waals surface area contributed by atoms with Crippen LogP contribution in [-0.4, -0.2) is 105 Å². The van der Waals surface area contributed by atoms with E-state index in [0.717, 1.165) is 156 Å². The number of amides is 6. The van der Waals surface area contributed by atoms with Crippen molar-refractivity contribution in [2.75, 3.05) is 27.2 Å². The van der Waals surface area contributed by atoms with Crippen LogP contribution in [0, 0.1) is 83.1 Å². The van der Waals surface area contributed by atoms with Gasteiger partial charge >= 0.3 is 0 Å². The van der Waals surface area contributed by atoms with E-state index >= 15 is 0 Å². The number of halogens is 12. The quantitative estimate of drug-likeness (QED) is 0.0748. The first-order valence-electron chi connectivity index (χ1n) is 32.6. The van der Waals surface area contributed by atoms with Crippen LogP contribution in [0.15, 0.2) is 26.8 Å². The number of fused-ring (bicyclic) bond motifs is 6. The van der Waals surface area contributed by atoms with E-state index in [2.05, 4.69) is 157 Å². The van der Waals surface area contributed by atoms with E-state index in [9.17, 15) is 28.8 Å². The average molecular weight is 2090 g/mol. The molecule has 0 aliphatic carbocycles. The van der Waals surface area contributed by atoms with Gasteiger partial charge in [-0.2, -0.15) is 0 Å². The maximum Gasteiger partial charge on any atom is 0.262 e. The van der Waals surface area contributed by atoms with Crippen molar-refractivity contribution in [3.05, 3.63) is 154 Å². The minimum absolute atomic E-state index is 0.0828. The topological polar surface area (TPSA) is 252 Å². The van der Waals surface area contributed by atoms with Crippen LogP contribution in [0.25, 0.3) is 61.3 Å². The van der Waals surface area contributed by atoms with Crippen molar-refractivity contribution in [2.24, 2.45) is 0 Å².